The van der Waals surface area contributed by atoms with Crippen LogP contribution < -0.4 is 15.8 Å². The van der Waals surface area contributed by atoms with Crippen molar-refractivity contribution in [2.24, 2.45) is 5.73 Å². The van der Waals surface area contributed by atoms with Gasteiger partial charge in [-0.05, 0) is 37.2 Å². The van der Waals surface area contributed by atoms with Crippen molar-refractivity contribution < 1.29 is 13.9 Å². The minimum atomic E-state index is -0.377. The summed E-state index contributed by atoms with van der Waals surface area (Å²) in [7, 11) is 0. The van der Waals surface area contributed by atoms with Crippen LogP contribution in [0.5, 0.6) is 5.75 Å². The van der Waals surface area contributed by atoms with E-state index in [1.807, 2.05) is 0 Å². The molecular weight excluding hydrogens is 255 g/mol. The lowest BCUT2D eigenvalue weighted by atomic mass is 10.2. The van der Waals surface area contributed by atoms with Gasteiger partial charge in [-0.25, -0.2) is 4.39 Å². The number of halogens is 1. The first kappa shape index (κ1) is 13.0. The standard InChI is InChI=1S/C12H15FN2O2S/c13-8-3-4-11(10(6-8)15-12(14)18)17-7-9-2-1-5-16-9/h3-4,6,9H,1-2,5,7H2,(H3,14,15,18). The fraction of sp³-hybridized carbons (Fsp3) is 0.417. The Bertz CT molecular complexity index is 436. The van der Waals surface area contributed by atoms with Crippen molar-refractivity contribution in [3.63, 3.8) is 0 Å². The van der Waals surface area contributed by atoms with Crippen LogP contribution in [0.3, 0.4) is 0 Å². The molecule has 0 saturated carbocycles. The van der Waals surface area contributed by atoms with E-state index < -0.39 is 0 Å². The quantitative estimate of drug-likeness (QED) is 0.820. The molecule has 1 atom stereocenters. The van der Waals surface area contributed by atoms with E-state index in [1.54, 1.807) is 6.07 Å². The van der Waals surface area contributed by atoms with E-state index in [1.165, 1.54) is 12.1 Å². The van der Waals surface area contributed by atoms with Crippen LogP contribution in [0.2, 0.25) is 0 Å². The molecule has 4 nitrogen and oxygen atoms in total. The van der Waals surface area contributed by atoms with Crippen LogP contribution in [-0.2, 0) is 4.74 Å². The lowest BCUT2D eigenvalue weighted by Gasteiger charge is -2.15. The lowest BCUT2D eigenvalue weighted by Crippen LogP contribution is -2.21. The molecule has 0 bridgehead atoms. The number of thiocarbonyl (C=S) groups is 1. The Balaban J connectivity index is 2.03. The van der Waals surface area contributed by atoms with E-state index in [0.717, 1.165) is 19.4 Å². The highest BCUT2D eigenvalue weighted by molar-refractivity contribution is 7.80. The van der Waals surface area contributed by atoms with Crippen molar-refractivity contribution in [1.82, 2.24) is 0 Å². The summed E-state index contributed by atoms with van der Waals surface area (Å²) in [6, 6.07) is 4.17. The second-order valence-corrected chi connectivity index (χ2v) is 4.52. The SMILES string of the molecule is NC(=S)Nc1cc(F)ccc1OCC1CCCO1. The van der Waals surface area contributed by atoms with Crippen LogP contribution in [0, 0.1) is 5.82 Å². The van der Waals surface area contributed by atoms with Gasteiger partial charge in [-0.2, -0.15) is 0 Å². The molecule has 1 fully saturated rings. The number of hydrogen-bond acceptors (Lipinski definition) is 3. The summed E-state index contributed by atoms with van der Waals surface area (Å²) in [4.78, 5) is 0. The lowest BCUT2D eigenvalue weighted by molar-refractivity contribution is 0.0682. The Morgan fingerprint density at radius 1 is 1.61 bits per heavy atom. The first-order valence-electron chi connectivity index (χ1n) is 5.75. The zero-order chi connectivity index (χ0) is 13.0. The van der Waals surface area contributed by atoms with Crippen molar-refractivity contribution in [2.45, 2.75) is 18.9 Å². The Hall–Kier alpha value is -1.40. The molecule has 3 N–H and O–H groups in total. The molecule has 1 heterocycles. The van der Waals surface area contributed by atoms with Gasteiger partial charge in [-0.1, -0.05) is 0 Å². The number of benzene rings is 1. The smallest absolute Gasteiger partial charge is 0.168 e. The minimum absolute atomic E-state index is 0.0718. The summed E-state index contributed by atoms with van der Waals surface area (Å²) in [6.45, 7) is 1.22. The van der Waals surface area contributed by atoms with Gasteiger partial charge >= 0.3 is 0 Å². The zero-order valence-electron chi connectivity index (χ0n) is 9.82. The fourth-order valence-electron chi connectivity index (χ4n) is 1.82. The van der Waals surface area contributed by atoms with Gasteiger partial charge in [0.2, 0.25) is 0 Å². The zero-order valence-corrected chi connectivity index (χ0v) is 10.6. The average molecular weight is 270 g/mol. The highest BCUT2D eigenvalue weighted by Crippen LogP contribution is 2.26. The molecule has 0 amide bonds. The van der Waals surface area contributed by atoms with Crippen LogP contribution in [-0.4, -0.2) is 24.4 Å². The Kier molecular flexibility index (Phi) is 4.33. The summed E-state index contributed by atoms with van der Waals surface area (Å²) in [5.74, 6) is 0.137. The van der Waals surface area contributed by atoms with E-state index in [4.69, 9.17) is 27.4 Å². The fourth-order valence-corrected chi connectivity index (χ4v) is 1.93. The van der Waals surface area contributed by atoms with E-state index in [9.17, 15) is 4.39 Å². The van der Waals surface area contributed by atoms with E-state index in [2.05, 4.69) is 5.32 Å². The molecule has 0 aliphatic carbocycles. The first-order valence-corrected chi connectivity index (χ1v) is 6.16. The number of rotatable bonds is 4. The summed E-state index contributed by atoms with van der Waals surface area (Å²) < 4.78 is 24.2. The molecule has 1 aliphatic heterocycles. The molecule has 1 aromatic rings. The topological polar surface area (TPSA) is 56.5 Å². The van der Waals surface area contributed by atoms with Crippen molar-refractivity contribution in [2.75, 3.05) is 18.5 Å². The predicted octanol–water partition coefficient (Wildman–Crippen LogP) is 2.04. The molecular formula is C12H15FN2O2S. The van der Waals surface area contributed by atoms with Gasteiger partial charge in [0, 0.05) is 12.7 Å². The van der Waals surface area contributed by atoms with E-state index in [-0.39, 0.29) is 17.0 Å². The third-order valence-electron chi connectivity index (χ3n) is 2.65. The van der Waals surface area contributed by atoms with Gasteiger partial charge in [-0.15, -0.1) is 0 Å². The maximum atomic E-state index is 13.1. The van der Waals surface area contributed by atoms with Crippen molar-refractivity contribution in [3.8, 4) is 5.75 Å². The predicted molar refractivity (Wildman–Crippen MR) is 71.3 cm³/mol. The third-order valence-corrected chi connectivity index (χ3v) is 2.75. The van der Waals surface area contributed by atoms with Gasteiger partial charge in [-0.3, -0.25) is 0 Å². The first-order chi connectivity index (χ1) is 8.65. The Morgan fingerprint density at radius 3 is 3.11 bits per heavy atom. The molecule has 1 unspecified atom stereocenters. The van der Waals surface area contributed by atoms with Gasteiger partial charge in [0.1, 0.15) is 18.2 Å². The van der Waals surface area contributed by atoms with Gasteiger partial charge in [0.05, 0.1) is 11.8 Å². The molecule has 98 valence electrons. The molecule has 1 aliphatic rings. The minimum Gasteiger partial charge on any atom is -0.489 e. The highest BCUT2D eigenvalue weighted by Gasteiger charge is 2.17. The maximum Gasteiger partial charge on any atom is 0.168 e. The van der Waals surface area contributed by atoms with Crippen LogP contribution in [0.15, 0.2) is 18.2 Å². The van der Waals surface area contributed by atoms with Crippen LogP contribution in [0.25, 0.3) is 0 Å². The summed E-state index contributed by atoms with van der Waals surface area (Å²) in [5, 5.41) is 2.76. The normalized spacial score (nSPS) is 18.6. The molecule has 0 spiro atoms. The summed E-state index contributed by atoms with van der Waals surface area (Å²) in [6.07, 6.45) is 2.14. The molecule has 6 heteroatoms. The van der Waals surface area contributed by atoms with Crippen LogP contribution in [0.4, 0.5) is 10.1 Å². The number of hydrogen-bond donors (Lipinski definition) is 2. The second-order valence-electron chi connectivity index (χ2n) is 4.08. The van der Waals surface area contributed by atoms with E-state index >= 15 is 0 Å². The molecule has 18 heavy (non-hydrogen) atoms. The second kappa shape index (κ2) is 5.97. The Labute approximate surface area is 110 Å². The average Bonchev–Trinajstić information content (AvgIpc) is 2.80. The number of anilines is 1. The molecule has 1 aromatic carbocycles. The highest BCUT2D eigenvalue weighted by atomic mass is 32.1. The third kappa shape index (κ3) is 3.54. The van der Waals surface area contributed by atoms with Crippen molar-refractivity contribution in [3.05, 3.63) is 24.0 Å². The van der Waals surface area contributed by atoms with Crippen molar-refractivity contribution in [1.29, 1.82) is 0 Å². The number of ether oxygens (including phenoxy) is 2. The van der Waals surface area contributed by atoms with Gasteiger partial charge < -0.3 is 20.5 Å². The van der Waals surface area contributed by atoms with Crippen LogP contribution in [0.1, 0.15) is 12.8 Å². The number of nitrogens with two attached hydrogens (primary N) is 1. The summed E-state index contributed by atoms with van der Waals surface area (Å²) in [5.41, 5.74) is 5.81. The van der Waals surface area contributed by atoms with Gasteiger partial charge in [0.25, 0.3) is 0 Å². The largest absolute Gasteiger partial charge is 0.489 e. The number of nitrogens with one attached hydrogen (secondary N) is 1. The summed E-state index contributed by atoms with van der Waals surface area (Å²) >= 11 is 4.74. The molecule has 0 radical (unpaired) electrons. The molecule has 2 rings (SSSR count). The van der Waals surface area contributed by atoms with E-state index in [0.29, 0.717) is 18.0 Å². The Morgan fingerprint density at radius 2 is 2.44 bits per heavy atom. The monoisotopic (exact) mass is 270 g/mol. The maximum absolute atomic E-state index is 13.1. The molecule has 0 aromatic heterocycles. The van der Waals surface area contributed by atoms with Crippen molar-refractivity contribution >= 4 is 23.0 Å². The van der Waals surface area contributed by atoms with Crippen LogP contribution >= 0.6 is 12.2 Å². The van der Waals surface area contributed by atoms with Gasteiger partial charge in [0.15, 0.2) is 5.11 Å². The molecule has 1 saturated heterocycles.